The highest BCUT2D eigenvalue weighted by Gasteiger charge is 2.23. The van der Waals surface area contributed by atoms with Crippen LogP contribution in [0.25, 0.3) is 0 Å². The predicted octanol–water partition coefficient (Wildman–Crippen LogP) is 27.2. The van der Waals surface area contributed by atoms with E-state index in [0.29, 0.717) is 0 Å². The molecular formula is C94H77N7. The summed E-state index contributed by atoms with van der Waals surface area (Å²) < 4.78 is 0. The number of anilines is 21. The van der Waals surface area contributed by atoms with Gasteiger partial charge < -0.3 is 34.3 Å². The van der Waals surface area contributed by atoms with E-state index in [1.165, 1.54) is 22.3 Å². The Labute approximate surface area is 594 Å². The van der Waals surface area contributed by atoms with Crippen molar-refractivity contribution in [2.75, 3.05) is 34.3 Å². The maximum absolute atomic E-state index is 2.34. The first-order chi connectivity index (χ1) is 49.7. The Balaban J connectivity index is 0.720. The fraction of sp³-hybridized carbons (Fsp3) is 0.0426. The van der Waals surface area contributed by atoms with Crippen molar-refractivity contribution in [1.82, 2.24) is 0 Å². The SMILES string of the molecule is Cc1cccc(N(c2ccc(N(c3ccccc3)c3ccc(N(c4ccccc4)c4ccc(N(c5ccccc5)c5ccc(N(c6ccccc6)c6ccc(N(c7ccccc7)c7ccc(N(c8cccc(C)c8)c8cccc(C)c8)cc7)cc6)cc5)cc4)cc3)cc2)c2cccc(C)c2)c1. The lowest BCUT2D eigenvalue weighted by atomic mass is 10.1. The van der Waals surface area contributed by atoms with Crippen LogP contribution >= 0.6 is 0 Å². The summed E-state index contributed by atoms with van der Waals surface area (Å²) in [5.41, 5.74) is 27.2. The molecule has 0 saturated heterocycles. The van der Waals surface area contributed by atoms with Gasteiger partial charge in [0.05, 0.1) is 0 Å². The van der Waals surface area contributed by atoms with Crippen LogP contribution in [-0.2, 0) is 0 Å². The van der Waals surface area contributed by atoms with Crippen LogP contribution in [-0.4, -0.2) is 0 Å². The Kier molecular flexibility index (Phi) is 18.6. The van der Waals surface area contributed by atoms with Gasteiger partial charge >= 0.3 is 0 Å². The first-order valence-corrected chi connectivity index (χ1v) is 34.5. The first kappa shape index (κ1) is 63.9. The Morgan fingerprint density at radius 1 is 0.109 bits per heavy atom. The summed E-state index contributed by atoms with van der Waals surface area (Å²) in [5.74, 6) is 0. The Morgan fingerprint density at radius 2 is 0.218 bits per heavy atom. The second-order valence-electron chi connectivity index (χ2n) is 25.5. The van der Waals surface area contributed by atoms with Crippen LogP contribution in [0.4, 0.5) is 119 Å². The summed E-state index contributed by atoms with van der Waals surface area (Å²) in [5, 5.41) is 0. The van der Waals surface area contributed by atoms with Crippen LogP contribution in [0, 0.1) is 27.7 Å². The lowest BCUT2D eigenvalue weighted by Gasteiger charge is -2.30. The zero-order valence-electron chi connectivity index (χ0n) is 57.2. The molecule has 488 valence electrons. The van der Waals surface area contributed by atoms with Gasteiger partial charge in [0.1, 0.15) is 0 Å². The van der Waals surface area contributed by atoms with Crippen LogP contribution in [0.1, 0.15) is 22.3 Å². The molecule has 7 nitrogen and oxygen atoms in total. The molecule has 0 atom stereocenters. The number of para-hydroxylation sites is 5. The summed E-state index contributed by atoms with van der Waals surface area (Å²) in [6.07, 6.45) is 0. The standard InChI is InChI=1S/C94H77N7/c1-70-24-20-38-91(66-70)100(92-39-21-25-71(2)67-92)89-62-58-87(59-63-89)98(77-34-16-8-17-35-77)85-54-50-83(51-55-85)96(75-30-12-6-13-31-75)81-46-42-79(43-47-81)95(74-28-10-5-11-29-74)80-44-48-82(49-45-80)97(76-32-14-7-15-33-76)84-52-56-86(57-53-84)99(78-36-18-9-19-37-78)88-60-64-90(65-61-88)101(93-40-22-26-72(3)68-93)94-41-23-27-73(4)69-94/h5-69H,1-4H3. The third-order valence-corrected chi connectivity index (χ3v) is 18.3. The topological polar surface area (TPSA) is 22.7 Å². The molecule has 15 aromatic carbocycles. The third kappa shape index (κ3) is 14.1. The van der Waals surface area contributed by atoms with E-state index in [1.54, 1.807) is 0 Å². The van der Waals surface area contributed by atoms with E-state index in [4.69, 9.17) is 0 Å². The highest BCUT2D eigenvalue weighted by Crippen LogP contribution is 2.46. The molecule has 0 aliphatic rings. The van der Waals surface area contributed by atoms with Crippen LogP contribution in [0.15, 0.2) is 394 Å². The van der Waals surface area contributed by atoms with E-state index in [1.807, 2.05) is 0 Å². The highest BCUT2D eigenvalue weighted by molar-refractivity contribution is 5.88. The average molecular weight is 1300 g/mol. The van der Waals surface area contributed by atoms with E-state index >= 15 is 0 Å². The number of benzene rings is 15. The average Bonchev–Trinajstić information content (AvgIpc) is 0.796. The number of hydrogen-bond donors (Lipinski definition) is 0. The van der Waals surface area contributed by atoms with Gasteiger partial charge in [0, 0.05) is 119 Å². The van der Waals surface area contributed by atoms with E-state index in [2.05, 4.69) is 456 Å². The molecule has 101 heavy (non-hydrogen) atoms. The molecule has 0 spiro atoms. The van der Waals surface area contributed by atoms with Crippen molar-refractivity contribution in [3.8, 4) is 0 Å². The van der Waals surface area contributed by atoms with E-state index in [9.17, 15) is 0 Å². The fourth-order valence-electron chi connectivity index (χ4n) is 13.6. The molecule has 0 unspecified atom stereocenters. The van der Waals surface area contributed by atoms with Crippen molar-refractivity contribution in [1.29, 1.82) is 0 Å². The Morgan fingerprint density at radius 3 is 0.347 bits per heavy atom. The smallest absolute Gasteiger partial charge is 0.0464 e. The number of hydrogen-bond acceptors (Lipinski definition) is 7. The Bertz CT molecular complexity index is 4790. The summed E-state index contributed by atoms with van der Waals surface area (Å²) in [6.45, 7) is 8.59. The van der Waals surface area contributed by atoms with Crippen molar-refractivity contribution in [3.63, 3.8) is 0 Å². The molecule has 0 radical (unpaired) electrons. The van der Waals surface area contributed by atoms with Crippen LogP contribution in [0.3, 0.4) is 0 Å². The second kappa shape index (κ2) is 29.3. The van der Waals surface area contributed by atoms with Gasteiger partial charge in [-0.25, -0.2) is 0 Å². The fourth-order valence-corrected chi connectivity index (χ4v) is 13.6. The van der Waals surface area contributed by atoms with Crippen LogP contribution in [0.5, 0.6) is 0 Å². The van der Waals surface area contributed by atoms with Crippen molar-refractivity contribution < 1.29 is 0 Å². The van der Waals surface area contributed by atoms with Gasteiger partial charge in [-0.2, -0.15) is 0 Å². The van der Waals surface area contributed by atoms with Gasteiger partial charge in [-0.1, -0.05) is 140 Å². The lowest BCUT2D eigenvalue weighted by molar-refractivity contribution is 1.23. The minimum atomic E-state index is 1.03. The zero-order valence-corrected chi connectivity index (χ0v) is 57.2. The maximum atomic E-state index is 2.34. The molecule has 0 aliphatic heterocycles. The summed E-state index contributed by atoms with van der Waals surface area (Å²) in [6, 6.07) is 142. The van der Waals surface area contributed by atoms with Crippen molar-refractivity contribution in [3.05, 3.63) is 417 Å². The normalized spacial score (nSPS) is 11.0. The number of aryl methyl sites for hydroxylation is 4. The largest absolute Gasteiger partial charge is 0.311 e. The second-order valence-corrected chi connectivity index (χ2v) is 25.5. The quantitative estimate of drug-likeness (QED) is 0.0706. The first-order valence-electron chi connectivity index (χ1n) is 34.5. The number of rotatable bonds is 21. The van der Waals surface area contributed by atoms with E-state index in [0.717, 1.165) is 119 Å². The van der Waals surface area contributed by atoms with Crippen LogP contribution in [0.2, 0.25) is 0 Å². The summed E-state index contributed by atoms with van der Waals surface area (Å²) in [4.78, 5) is 16.3. The maximum Gasteiger partial charge on any atom is 0.0464 e. The lowest BCUT2D eigenvalue weighted by Crippen LogP contribution is -2.14. The molecule has 7 heteroatoms. The van der Waals surface area contributed by atoms with Crippen molar-refractivity contribution in [2.24, 2.45) is 0 Å². The minimum absolute atomic E-state index is 1.03. The molecular weight excluding hydrogens is 1230 g/mol. The molecule has 0 fully saturated rings. The summed E-state index contributed by atoms with van der Waals surface area (Å²) >= 11 is 0. The molecule has 0 bridgehead atoms. The van der Waals surface area contributed by atoms with Gasteiger partial charge in [0.2, 0.25) is 0 Å². The molecule has 0 N–H and O–H groups in total. The molecule has 0 aromatic heterocycles. The van der Waals surface area contributed by atoms with Gasteiger partial charge in [-0.05, 0) is 305 Å². The van der Waals surface area contributed by atoms with Gasteiger partial charge in [0.25, 0.3) is 0 Å². The zero-order chi connectivity index (χ0) is 68.4. The van der Waals surface area contributed by atoms with Crippen molar-refractivity contribution >= 4 is 119 Å². The monoisotopic (exact) mass is 1300 g/mol. The molecule has 0 heterocycles. The van der Waals surface area contributed by atoms with Crippen molar-refractivity contribution in [2.45, 2.75) is 27.7 Å². The molecule has 15 aromatic rings. The van der Waals surface area contributed by atoms with Gasteiger partial charge in [-0.3, -0.25) is 0 Å². The van der Waals surface area contributed by atoms with E-state index < -0.39 is 0 Å². The third-order valence-electron chi connectivity index (χ3n) is 18.3. The minimum Gasteiger partial charge on any atom is -0.311 e. The van der Waals surface area contributed by atoms with Gasteiger partial charge in [0.15, 0.2) is 0 Å². The van der Waals surface area contributed by atoms with E-state index in [-0.39, 0.29) is 0 Å². The van der Waals surface area contributed by atoms with Gasteiger partial charge in [-0.15, -0.1) is 0 Å². The molecule has 15 rings (SSSR count). The predicted molar refractivity (Wildman–Crippen MR) is 428 cm³/mol. The molecule has 0 amide bonds. The molecule has 0 saturated carbocycles. The van der Waals surface area contributed by atoms with Crippen LogP contribution < -0.4 is 34.3 Å². The Hall–Kier alpha value is -13.1. The highest BCUT2D eigenvalue weighted by atomic mass is 15.2. The molecule has 0 aliphatic carbocycles. The summed E-state index contributed by atoms with van der Waals surface area (Å²) in [7, 11) is 0. The number of nitrogens with zero attached hydrogens (tertiary/aromatic N) is 7.